The Hall–Kier alpha value is -1.83. The Labute approximate surface area is 142 Å². The van der Waals surface area contributed by atoms with E-state index in [1.165, 1.54) is 0 Å². The van der Waals surface area contributed by atoms with Crippen molar-refractivity contribution in [2.75, 3.05) is 6.54 Å². The summed E-state index contributed by atoms with van der Waals surface area (Å²) in [6.45, 7) is 5.56. The maximum absolute atomic E-state index is 12.4. The van der Waals surface area contributed by atoms with E-state index in [2.05, 4.69) is 16.2 Å². The summed E-state index contributed by atoms with van der Waals surface area (Å²) in [6, 6.07) is -0.665. The first-order valence-electron chi connectivity index (χ1n) is 8.39. The number of alkyl carbamates (subject to hydrolysis) is 1. The van der Waals surface area contributed by atoms with Crippen LogP contribution in [-0.2, 0) is 14.3 Å². The topological polar surface area (TPSA) is 123 Å². The number of carbonyl (C=O) groups excluding carboxylic acids is 3. The van der Waals surface area contributed by atoms with Crippen molar-refractivity contribution in [2.45, 2.75) is 64.5 Å². The van der Waals surface area contributed by atoms with Crippen LogP contribution in [0.1, 0.15) is 52.9 Å². The van der Waals surface area contributed by atoms with Gasteiger partial charge in [-0.15, -0.1) is 0 Å². The van der Waals surface area contributed by atoms with Crippen molar-refractivity contribution in [1.82, 2.24) is 16.2 Å². The van der Waals surface area contributed by atoms with Crippen molar-refractivity contribution in [3.63, 3.8) is 0 Å². The molecule has 3 fully saturated rings. The van der Waals surface area contributed by atoms with Gasteiger partial charge in [0.25, 0.3) is 5.91 Å². The second kappa shape index (κ2) is 6.96. The van der Waals surface area contributed by atoms with Crippen LogP contribution in [0.3, 0.4) is 0 Å². The summed E-state index contributed by atoms with van der Waals surface area (Å²) in [5.41, 5.74) is 9.80. The summed E-state index contributed by atoms with van der Waals surface area (Å²) in [7, 11) is 0. The Bertz CT molecular complexity index is 498. The van der Waals surface area contributed by atoms with Gasteiger partial charge in [0, 0.05) is 13.0 Å². The Morgan fingerprint density at radius 3 is 2.33 bits per heavy atom. The zero-order chi connectivity index (χ0) is 18.0. The molecule has 0 radical (unpaired) electrons. The number of hydrogen-bond donors (Lipinski definition) is 4. The summed E-state index contributed by atoms with van der Waals surface area (Å²) < 4.78 is 5.24. The molecule has 2 bridgehead atoms. The van der Waals surface area contributed by atoms with E-state index < -0.39 is 23.6 Å². The quantitative estimate of drug-likeness (QED) is 0.380. The molecule has 0 spiro atoms. The highest BCUT2D eigenvalue weighted by Crippen LogP contribution is 2.66. The fraction of sp³-hybridized carbons (Fsp3) is 0.812. The predicted octanol–water partition coefficient (Wildman–Crippen LogP) is 0.566. The highest BCUT2D eigenvalue weighted by Gasteiger charge is 2.57. The molecule has 8 heteroatoms. The van der Waals surface area contributed by atoms with Crippen LogP contribution in [0.15, 0.2) is 0 Å². The van der Waals surface area contributed by atoms with Crippen molar-refractivity contribution < 1.29 is 19.1 Å². The lowest BCUT2D eigenvalue weighted by molar-refractivity contribution is -0.137. The highest BCUT2D eigenvalue weighted by molar-refractivity contribution is 5.85. The number of rotatable bonds is 8. The number of hydrogen-bond acceptors (Lipinski definition) is 5. The van der Waals surface area contributed by atoms with Crippen molar-refractivity contribution in [1.29, 1.82) is 0 Å². The minimum atomic E-state index is -0.665. The third-order valence-electron chi connectivity index (χ3n) is 4.52. The van der Waals surface area contributed by atoms with Crippen molar-refractivity contribution in [3.8, 4) is 0 Å². The Kier molecular flexibility index (Phi) is 5.37. The van der Waals surface area contributed by atoms with Crippen LogP contribution < -0.4 is 21.9 Å². The van der Waals surface area contributed by atoms with Gasteiger partial charge in [0.2, 0.25) is 5.91 Å². The van der Waals surface area contributed by atoms with Gasteiger partial charge in [-0.2, -0.15) is 0 Å². The second-order valence-corrected chi connectivity index (χ2v) is 8.01. The molecule has 0 aliphatic heterocycles. The summed E-state index contributed by atoms with van der Waals surface area (Å²) in [5.74, 6) is 0.00743. The van der Waals surface area contributed by atoms with E-state index in [1.807, 2.05) is 0 Å². The molecule has 0 aromatic rings. The summed E-state index contributed by atoms with van der Waals surface area (Å²) in [5, 5.41) is 2.67. The molecule has 5 N–H and O–H groups in total. The normalized spacial score (nSPS) is 25.7. The molecule has 3 aliphatic carbocycles. The zero-order valence-electron chi connectivity index (χ0n) is 14.6. The number of nitrogens with one attached hydrogen (secondary N) is 3. The van der Waals surface area contributed by atoms with Gasteiger partial charge in [-0.1, -0.05) is 0 Å². The highest BCUT2D eigenvalue weighted by atomic mass is 16.6. The first kappa shape index (κ1) is 18.5. The molecule has 0 saturated heterocycles. The molecule has 24 heavy (non-hydrogen) atoms. The first-order chi connectivity index (χ1) is 11.1. The number of hydrazine groups is 1. The third-order valence-corrected chi connectivity index (χ3v) is 4.52. The molecule has 3 rings (SSSR count). The van der Waals surface area contributed by atoms with Gasteiger partial charge < -0.3 is 15.8 Å². The molecule has 3 aliphatic rings. The molecule has 1 atom stereocenters. The van der Waals surface area contributed by atoms with Crippen molar-refractivity contribution in [3.05, 3.63) is 0 Å². The molecule has 0 aromatic carbocycles. The number of carbonyl (C=O) groups is 3. The van der Waals surface area contributed by atoms with Gasteiger partial charge in [-0.3, -0.25) is 15.0 Å². The largest absolute Gasteiger partial charge is 0.444 e. The number of amides is 3. The van der Waals surface area contributed by atoms with E-state index in [0.29, 0.717) is 6.42 Å². The summed E-state index contributed by atoms with van der Waals surface area (Å²) >= 11 is 0. The van der Waals surface area contributed by atoms with E-state index >= 15 is 0 Å². The van der Waals surface area contributed by atoms with E-state index in [9.17, 15) is 14.4 Å². The molecule has 3 saturated carbocycles. The molecule has 0 heterocycles. The maximum Gasteiger partial charge on any atom is 0.408 e. The Morgan fingerprint density at radius 2 is 1.88 bits per heavy atom. The fourth-order valence-electron chi connectivity index (χ4n) is 3.42. The molecular weight excluding hydrogens is 312 g/mol. The minimum Gasteiger partial charge on any atom is -0.444 e. The average molecular weight is 340 g/mol. The van der Waals surface area contributed by atoms with Crippen LogP contribution >= 0.6 is 0 Å². The molecule has 3 amide bonds. The van der Waals surface area contributed by atoms with Crippen LogP contribution in [0.5, 0.6) is 0 Å². The van der Waals surface area contributed by atoms with Gasteiger partial charge in [0.15, 0.2) is 0 Å². The standard InChI is InChI=1S/C16H28N4O4/c1-15(2,3)24-14(23)19-11(9-16-6-10(7-16)8-16)13(22)20-18-5-4-12(17)21/h10-11,18H,4-9H2,1-3H3,(H2,17,21)(H,19,23)(H,20,22)/t10?,11-,16?/m0/s1. The van der Waals surface area contributed by atoms with Gasteiger partial charge >= 0.3 is 6.09 Å². The Morgan fingerprint density at radius 1 is 1.25 bits per heavy atom. The van der Waals surface area contributed by atoms with Gasteiger partial charge in [-0.05, 0) is 57.8 Å². The smallest absolute Gasteiger partial charge is 0.408 e. The molecular formula is C16H28N4O4. The monoisotopic (exact) mass is 340 g/mol. The van der Waals surface area contributed by atoms with Crippen LogP contribution in [0.25, 0.3) is 0 Å². The third kappa shape index (κ3) is 5.09. The van der Waals surface area contributed by atoms with Crippen LogP contribution in [-0.4, -0.2) is 36.1 Å². The molecule has 8 nitrogen and oxygen atoms in total. The first-order valence-corrected chi connectivity index (χ1v) is 8.39. The number of nitrogens with two attached hydrogens (primary N) is 1. The van der Waals surface area contributed by atoms with Gasteiger partial charge in [-0.25, -0.2) is 10.2 Å². The fourth-order valence-corrected chi connectivity index (χ4v) is 3.42. The van der Waals surface area contributed by atoms with Crippen molar-refractivity contribution >= 4 is 17.9 Å². The van der Waals surface area contributed by atoms with Gasteiger partial charge in [0.1, 0.15) is 11.6 Å². The lowest BCUT2D eigenvalue weighted by Crippen LogP contribution is -2.59. The lowest BCUT2D eigenvalue weighted by atomic mass is 9.43. The lowest BCUT2D eigenvalue weighted by Gasteiger charge is -2.63. The van der Waals surface area contributed by atoms with E-state index in [1.54, 1.807) is 20.8 Å². The number of ether oxygens (including phenoxy) is 1. The van der Waals surface area contributed by atoms with Crippen LogP contribution in [0, 0.1) is 11.3 Å². The van der Waals surface area contributed by atoms with E-state index in [0.717, 1.165) is 25.2 Å². The minimum absolute atomic E-state index is 0.121. The van der Waals surface area contributed by atoms with Crippen LogP contribution in [0.2, 0.25) is 0 Å². The van der Waals surface area contributed by atoms with E-state index in [-0.39, 0.29) is 24.3 Å². The Balaban J connectivity index is 1.85. The zero-order valence-corrected chi connectivity index (χ0v) is 14.6. The maximum atomic E-state index is 12.4. The van der Waals surface area contributed by atoms with Gasteiger partial charge in [0.05, 0.1) is 0 Å². The summed E-state index contributed by atoms with van der Waals surface area (Å²) in [4.78, 5) is 35.1. The molecule has 0 unspecified atom stereocenters. The SMILES string of the molecule is CC(C)(C)OC(=O)N[C@@H](CC12CC(C1)C2)C(=O)NNCCC(N)=O. The average Bonchev–Trinajstić information content (AvgIpc) is 2.33. The predicted molar refractivity (Wildman–Crippen MR) is 87.5 cm³/mol. The van der Waals surface area contributed by atoms with E-state index in [4.69, 9.17) is 10.5 Å². The van der Waals surface area contributed by atoms with Crippen LogP contribution in [0.4, 0.5) is 4.79 Å². The summed E-state index contributed by atoms with van der Waals surface area (Å²) in [6.07, 6.45) is 3.50. The molecule has 0 aromatic heterocycles. The second-order valence-electron chi connectivity index (χ2n) is 8.01. The number of primary amides is 1. The molecule has 136 valence electrons. The van der Waals surface area contributed by atoms with Crippen molar-refractivity contribution in [2.24, 2.45) is 17.1 Å².